The maximum Gasteiger partial charge on any atom is 0.325 e. The summed E-state index contributed by atoms with van der Waals surface area (Å²) in [5.74, 6) is -1.31. The Hall–Kier alpha value is -3.67. The number of nitrogens with zero attached hydrogens (tertiary/aromatic N) is 2. The molecule has 1 saturated heterocycles. The molecule has 0 aromatic heterocycles. The van der Waals surface area contributed by atoms with Crippen LogP contribution in [0.15, 0.2) is 65.6 Å². The number of ether oxygens (including phenoxy) is 2. The van der Waals surface area contributed by atoms with Crippen LogP contribution >= 0.6 is 0 Å². The van der Waals surface area contributed by atoms with Crippen molar-refractivity contribution in [2.24, 2.45) is 0 Å². The number of fused-ring (bicyclic) bond motifs is 1. The lowest BCUT2D eigenvalue weighted by Gasteiger charge is -2.26. The molecule has 232 valence electrons. The molecule has 0 unspecified atom stereocenters. The summed E-state index contributed by atoms with van der Waals surface area (Å²) in [5.41, 5.74) is 1.05. The standard InChI is InChI=1S/C32H41N3O7S/c1-32(2,3)42-31(37)27(22-30(36)34(4)40-5)33-43(38,39)29-16-15-25(35-18-8-9-19-35)21-28(29)41-20-17-24-13-10-12-23-11-6-7-14-26(23)24/h6-7,10-16,21,27,33H,8-9,17-20,22H2,1-5H3/t27-/m0/s1. The van der Waals surface area contributed by atoms with Gasteiger partial charge in [-0.3, -0.25) is 14.4 Å². The van der Waals surface area contributed by atoms with E-state index in [0.717, 1.165) is 53.0 Å². The number of amides is 1. The van der Waals surface area contributed by atoms with Gasteiger partial charge in [0.1, 0.15) is 22.3 Å². The van der Waals surface area contributed by atoms with Crippen molar-refractivity contribution in [3.63, 3.8) is 0 Å². The fraction of sp³-hybridized carbons (Fsp3) is 0.438. The Balaban J connectivity index is 1.62. The lowest BCUT2D eigenvalue weighted by Crippen LogP contribution is -2.47. The first-order chi connectivity index (χ1) is 20.4. The summed E-state index contributed by atoms with van der Waals surface area (Å²) >= 11 is 0. The van der Waals surface area contributed by atoms with Crippen molar-refractivity contribution < 1.29 is 32.3 Å². The smallest absolute Gasteiger partial charge is 0.325 e. The molecule has 3 aromatic rings. The summed E-state index contributed by atoms with van der Waals surface area (Å²) in [6.45, 7) is 6.97. The predicted octanol–water partition coefficient (Wildman–Crippen LogP) is 4.46. The van der Waals surface area contributed by atoms with E-state index in [9.17, 15) is 18.0 Å². The van der Waals surface area contributed by atoms with Crippen LogP contribution in [0.1, 0.15) is 45.6 Å². The van der Waals surface area contributed by atoms with Crippen molar-refractivity contribution in [1.82, 2.24) is 9.79 Å². The number of carbonyl (C=O) groups excluding carboxylic acids is 2. The summed E-state index contributed by atoms with van der Waals surface area (Å²) in [7, 11) is -1.67. The largest absolute Gasteiger partial charge is 0.492 e. The zero-order chi connectivity index (χ0) is 31.2. The number of rotatable bonds is 12. The molecule has 4 rings (SSSR count). The number of hydroxylamine groups is 2. The summed E-state index contributed by atoms with van der Waals surface area (Å²) < 4.78 is 41.7. The fourth-order valence-electron chi connectivity index (χ4n) is 4.99. The molecule has 0 saturated carbocycles. The van der Waals surface area contributed by atoms with Crippen LogP contribution in [-0.4, -0.2) is 70.9 Å². The van der Waals surface area contributed by atoms with E-state index in [1.165, 1.54) is 20.2 Å². The molecule has 1 aliphatic heterocycles. The number of esters is 1. The first-order valence-corrected chi connectivity index (χ1v) is 15.9. The molecule has 11 heteroatoms. The van der Waals surface area contributed by atoms with Crippen molar-refractivity contribution in [3.8, 4) is 5.75 Å². The van der Waals surface area contributed by atoms with Gasteiger partial charge in [0.05, 0.1) is 20.1 Å². The van der Waals surface area contributed by atoms with Crippen LogP contribution in [0.25, 0.3) is 10.8 Å². The zero-order valence-electron chi connectivity index (χ0n) is 25.5. The molecular formula is C32H41N3O7S. The van der Waals surface area contributed by atoms with Gasteiger partial charge in [0.25, 0.3) is 0 Å². The van der Waals surface area contributed by atoms with Gasteiger partial charge in [0.2, 0.25) is 15.9 Å². The third-order valence-electron chi connectivity index (χ3n) is 7.19. The quantitative estimate of drug-likeness (QED) is 0.236. The van der Waals surface area contributed by atoms with Crippen LogP contribution in [0, 0.1) is 0 Å². The third-order valence-corrected chi connectivity index (χ3v) is 8.70. The molecule has 3 aromatic carbocycles. The highest BCUT2D eigenvalue weighted by atomic mass is 32.2. The van der Waals surface area contributed by atoms with Gasteiger partial charge in [-0.2, -0.15) is 4.72 Å². The molecule has 1 heterocycles. The van der Waals surface area contributed by atoms with Crippen LogP contribution in [0.5, 0.6) is 5.75 Å². The van der Waals surface area contributed by atoms with Crippen LogP contribution in [-0.2, 0) is 35.6 Å². The molecule has 1 amide bonds. The highest BCUT2D eigenvalue weighted by Gasteiger charge is 2.34. The minimum absolute atomic E-state index is 0.130. The molecule has 1 atom stereocenters. The van der Waals surface area contributed by atoms with Crippen LogP contribution < -0.4 is 14.4 Å². The van der Waals surface area contributed by atoms with E-state index in [4.69, 9.17) is 14.3 Å². The number of benzene rings is 3. The maximum atomic E-state index is 13.8. The lowest BCUT2D eigenvalue weighted by molar-refractivity contribution is -0.172. The number of hydrogen-bond donors (Lipinski definition) is 1. The first-order valence-electron chi connectivity index (χ1n) is 14.4. The highest BCUT2D eigenvalue weighted by molar-refractivity contribution is 7.89. The number of hydrogen-bond acceptors (Lipinski definition) is 8. The van der Waals surface area contributed by atoms with E-state index in [2.05, 4.69) is 15.7 Å². The molecule has 0 bridgehead atoms. The molecule has 0 radical (unpaired) electrons. The molecular weight excluding hydrogens is 570 g/mol. The zero-order valence-corrected chi connectivity index (χ0v) is 26.3. The third kappa shape index (κ3) is 8.46. The second-order valence-electron chi connectivity index (χ2n) is 11.5. The number of nitrogens with one attached hydrogen (secondary N) is 1. The second-order valence-corrected chi connectivity index (χ2v) is 13.2. The normalized spacial score (nSPS) is 14.5. The Labute approximate surface area is 253 Å². The Morgan fingerprint density at radius 2 is 1.72 bits per heavy atom. The number of carbonyl (C=O) groups is 2. The maximum absolute atomic E-state index is 13.8. The van der Waals surface area contributed by atoms with E-state index in [0.29, 0.717) is 6.42 Å². The van der Waals surface area contributed by atoms with Gasteiger partial charge in [-0.05, 0) is 62.1 Å². The topological polar surface area (TPSA) is 114 Å². The van der Waals surface area contributed by atoms with Gasteiger partial charge in [0.15, 0.2) is 0 Å². The average Bonchev–Trinajstić information content (AvgIpc) is 3.50. The fourth-order valence-corrected chi connectivity index (χ4v) is 6.30. The number of anilines is 1. The summed E-state index contributed by atoms with van der Waals surface area (Å²) in [5, 5.41) is 3.16. The Morgan fingerprint density at radius 3 is 2.42 bits per heavy atom. The second kappa shape index (κ2) is 13.7. The van der Waals surface area contributed by atoms with Crippen LogP contribution in [0.2, 0.25) is 0 Å². The van der Waals surface area contributed by atoms with E-state index in [1.807, 2.05) is 36.4 Å². The van der Waals surface area contributed by atoms with E-state index >= 15 is 0 Å². The van der Waals surface area contributed by atoms with Gasteiger partial charge in [0, 0.05) is 38.3 Å². The van der Waals surface area contributed by atoms with E-state index in [-0.39, 0.29) is 17.3 Å². The minimum Gasteiger partial charge on any atom is -0.492 e. The summed E-state index contributed by atoms with van der Waals surface area (Å²) in [6, 6.07) is 17.6. The summed E-state index contributed by atoms with van der Waals surface area (Å²) in [4.78, 5) is 32.7. The lowest BCUT2D eigenvalue weighted by atomic mass is 10.0. The molecule has 1 fully saturated rings. The van der Waals surface area contributed by atoms with Crippen LogP contribution in [0.4, 0.5) is 5.69 Å². The Morgan fingerprint density at radius 1 is 1.02 bits per heavy atom. The highest BCUT2D eigenvalue weighted by Crippen LogP contribution is 2.32. The first kappa shape index (κ1) is 32.2. The van der Waals surface area contributed by atoms with Gasteiger partial charge >= 0.3 is 5.97 Å². The molecule has 0 spiro atoms. The Bertz CT molecular complexity index is 1540. The molecule has 0 aliphatic carbocycles. The van der Waals surface area contributed by atoms with Crippen molar-refractivity contribution >= 4 is 38.4 Å². The average molecular weight is 612 g/mol. The van der Waals surface area contributed by atoms with Crippen LogP contribution in [0.3, 0.4) is 0 Å². The molecule has 1 N–H and O–H groups in total. The SMILES string of the molecule is CON(C)C(=O)C[C@H](NS(=O)(=O)c1ccc(N2CCCC2)cc1OCCc1cccc2ccccc12)C(=O)OC(C)(C)C. The van der Waals surface area contributed by atoms with Gasteiger partial charge < -0.3 is 14.4 Å². The van der Waals surface area contributed by atoms with Gasteiger partial charge in [-0.15, -0.1) is 0 Å². The Kier molecular flexibility index (Phi) is 10.3. The predicted molar refractivity (Wildman–Crippen MR) is 165 cm³/mol. The number of sulfonamides is 1. The molecule has 10 nitrogen and oxygen atoms in total. The van der Waals surface area contributed by atoms with Crippen molar-refractivity contribution in [3.05, 3.63) is 66.2 Å². The van der Waals surface area contributed by atoms with Crippen molar-refractivity contribution in [2.45, 2.75) is 63.0 Å². The van der Waals surface area contributed by atoms with Gasteiger partial charge in [-0.1, -0.05) is 42.5 Å². The van der Waals surface area contributed by atoms with Gasteiger partial charge in [-0.25, -0.2) is 13.5 Å². The minimum atomic E-state index is -4.34. The summed E-state index contributed by atoms with van der Waals surface area (Å²) in [6.07, 6.45) is 2.17. The van der Waals surface area contributed by atoms with E-state index < -0.39 is 40.0 Å². The van der Waals surface area contributed by atoms with E-state index in [1.54, 1.807) is 32.9 Å². The van der Waals surface area contributed by atoms with Crippen molar-refractivity contribution in [2.75, 3.05) is 38.8 Å². The molecule has 43 heavy (non-hydrogen) atoms. The monoisotopic (exact) mass is 611 g/mol. The molecule has 1 aliphatic rings. The van der Waals surface area contributed by atoms with Crippen molar-refractivity contribution in [1.29, 1.82) is 0 Å².